The fourth-order valence-electron chi connectivity index (χ4n) is 1.55. The molecule has 1 aromatic rings. The highest BCUT2D eigenvalue weighted by atomic mass is 79.9. The molecule has 2 rings (SSSR count). The second kappa shape index (κ2) is 4.14. The van der Waals surface area contributed by atoms with E-state index in [1.54, 1.807) is 6.20 Å². The van der Waals surface area contributed by atoms with E-state index in [-0.39, 0.29) is 5.82 Å². The van der Waals surface area contributed by atoms with E-state index in [0.717, 1.165) is 19.5 Å². The maximum absolute atomic E-state index is 13.5. The van der Waals surface area contributed by atoms with Gasteiger partial charge in [0, 0.05) is 28.6 Å². The Labute approximate surface area is 98.8 Å². The minimum absolute atomic E-state index is 0.263. The first-order valence-electron chi connectivity index (χ1n) is 4.37. The van der Waals surface area contributed by atoms with Gasteiger partial charge in [-0.25, -0.2) is 9.37 Å². The zero-order valence-corrected chi connectivity index (χ0v) is 10.6. The molecule has 1 saturated heterocycles. The second-order valence-corrected chi connectivity index (χ2v) is 5.50. The lowest BCUT2D eigenvalue weighted by molar-refractivity contribution is 0.615. The molecule has 1 aromatic heterocycles. The quantitative estimate of drug-likeness (QED) is 0.739. The van der Waals surface area contributed by atoms with Gasteiger partial charge < -0.3 is 4.90 Å². The molecule has 14 heavy (non-hydrogen) atoms. The molecular formula is C9H9Br2FN2. The average Bonchev–Trinajstić information content (AvgIpc) is 2.51. The monoisotopic (exact) mass is 322 g/mol. The van der Waals surface area contributed by atoms with Gasteiger partial charge in [-0.1, -0.05) is 15.9 Å². The molecule has 76 valence electrons. The molecule has 0 N–H and O–H groups in total. The van der Waals surface area contributed by atoms with Gasteiger partial charge in [-0.3, -0.25) is 0 Å². The van der Waals surface area contributed by atoms with Crippen LogP contribution in [0.4, 0.5) is 10.2 Å². The van der Waals surface area contributed by atoms with E-state index >= 15 is 0 Å². The van der Waals surface area contributed by atoms with Crippen LogP contribution in [0, 0.1) is 5.82 Å². The molecule has 2 nitrogen and oxygen atoms in total. The summed E-state index contributed by atoms with van der Waals surface area (Å²) in [6, 6.07) is 1.45. The highest BCUT2D eigenvalue weighted by Crippen LogP contribution is 2.25. The van der Waals surface area contributed by atoms with Crippen molar-refractivity contribution >= 4 is 37.7 Å². The first-order chi connectivity index (χ1) is 6.66. The number of rotatable bonds is 1. The number of hydrogen-bond donors (Lipinski definition) is 0. The van der Waals surface area contributed by atoms with Crippen LogP contribution >= 0.6 is 31.9 Å². The number of aromatic nitrogens is 1. The SMILES string of the molecule is Fc1cc(Br)cnc1N1CCC(Br)C1. The van der Waals surface area contributed by atoms with Crippen LogP contribution in [0.2, 0.25) is 0 Å². The summed E-state index contributed by atoms with van der Waals surface area (Å²) in [5.41, 5.74) is 0. The predicted octanol–water partition coefficient (Wildman–Crippen LogP) is 2.96. The van der Waals surface area contributed by atoms with Gasteiger partial charge in [0.15, 0.2) is 11.6 Å². The van der Waals surface area contributed by atoms with Crippen molar-refractivity contribution in [2.24, 2.45) is 0 Å². The lowest BCUT2D eigenvalue weighted by Crippen LogP contribution is -2.22. The number of pyridine rings is 1. The Bertz CT molecular complexity index is 346. The molecule has 1 unspecified atom stereocenters. The van der Waals surface area contributed by atoms with E-state index in [9.17, 15) is 4.39 Å². The molecule has 1 aliphatic rings. The summed E-state index contributed by atoms with van der Waals surface area (Å²) in [6.07, 6.45) is 2.66. The summed E-state index contributed by atoms with van der Waals surface area (Å²) in [7, 11) is 0. The van der Waals surface area contributed by atoms with Crippen LogP contribution < -0.4 is 4.90 Å². The molecule has 5 heteroatoms. The van der Waals surface area contributed by atoms with E-state index in [1.807, 2.05) is 4.90 Å². The van der Waals surface area contributed by atoms with Crippen LogP contribution in [0.5, 0.6) is 0 Å². The summed E-state index contributed by atoms with van der Waals surface area (Å²) < 4.78 is 14.2. The van der Waals surface area contributed by atoms with Gasteiger partial charge in [0.1, 0.15) is 0 Å². The van der Waals surface area contributed by atoms with Crippen LogP contribution in [0.15, 0.2) is 16.7 Å². The number of alkyl halides is 1. The third-order valence-corrected chi connectivity index (χ3v) is 3.40. The predicted molar refractivity (Wildman–Crippen MR) is 61.4 cm³/mol. The van der Waals surface area contributed by atoms with E-state index in [1.165, 1.54) is 6.07 Å². The summed E-state index contributed by atoms with van der Waals surface area (Å²) in [5.74, 6) is 0.191. The topological polar surface area (TPSA) is 16.1 Å². The smallest absolute Gasteiger partial charge is 0.166 e. The molecule has 0 aliphatic carbocycles. The van der Waals surface area contributed by atoms with Crippen LogP contribution in [-0.4, -0.2) is 22.9 Å². The maximum Gasteiger partial charge on any atom is 0.166 e. The van der Waals surface area contributed by atoms with Crippen molar-refractivity contribution in [1.29, 1.82) is 0 Å². The van der Waals surface area contributed by atoms with Crippen molar-refractivity contribution in [2.75, 3.05) is 18.0 Å². The number of nitrogens with zero attached hydrogens (tertiary/aromatic N) is 2. The van der Waals surface area contributed by atoms with Gasteiger partial charge in [0.2, 0.25) is 0 Å². The largest absolute Gasteiger partial charge is 0.353 e. The Morgan fingerprint density at radius 3 is 2.93 bits per heavy atom. The minimum atomic E-state index is -0.263. The zero-order valence-electron chi connectivity index (χ0n) is 7.38. The first kappa shape index (κ1) is 10.4. The van der Waals surface area contributed by atoms with Crippen LogP contribution in [0.25, 0.3) is 0 Å². The van der Waals surface area contributed by atoms with Crippen molar-refractivity contribution in [2.45, 2.75) is 11.2 Å². The van der Waals surface area contributed by atoms with Gasteiger partial charge >= 0.3 is 0 Å². The van der Waals surface area contributed by atoms with Crippen LogP contribution in [0.1, 0.15) is 6.42 Å². The molecular weight excluding hydrogens is 315 g/mol. The molecule has 0 saturated carbocycles. The summed E-state index contributed by atoms with van der Waals surface area (Å²) in [6.45, 7) is 1.69. The van der Waals surface area contributed by atoms with Crippen molar-refractivity contribution in [3.05, 3.63) is 22.6 Å². The van der Waals surface area contributed by atoms with Crippen molar-refractivity contribution < 1.29 is 4.39 Å². The third-order valence-electron chi connectivity index (χ3n) is 2.22. The maximum atomic E-state index is 13.5. The molecule has 0 amide bonds. The molecule has 0 radical (unpaired) electrons. The zero-order chi connectivity index (χ0) is 10.1. The standard InChI is InChI=1S/C9H9Br2FN2/c10-6-1-2-14(5-6)9-8(12)3-7(11)4-13-9/h3-4,6H,1-2,5H2. The van der Waals surface area contributed by atoms with Gasteiger partial charge in [-0.05, 0) is 28.4 Å². The Hall–Kier alpha value is -0.160. The summed E-state index contributed by atoms with van der Waals surface area (Å²) in [4.78, 5) is 6.49. The van der Waals surface area contributed by atoms with Gasteiger partial charge in [-0.2, -0.15) is 0 Å². The number of halogens is 3. The fraction of sp³-hybridized carbons (Fsp3) is 0.444. The number of anilines is 1. The lowest BCUT2D eigenvalue weighted by Gasteiger charge is -2.16. The first-order valence-corrected chi connectivity index (χ1v) is 6.08. The van der Waals surface area contributed by atoms with E-state index in [2.05, 4.69) is 36.8 Å². The van der Waals surface area contributed by atoms with Crippen molar-refractivity contribution in [3.63, 3.8) is 0 Å². The van der Waals surface area contributed by atoms with Gasteiger partial charge in [0.05, 0.1) is 0 Å². The Kier molecular flexibility index (Phi) is 3.07. The molecule has 2 heterocycles. The highest BCUT2D eigenvalue weighted by Gasteiger charge is 2.23. The Morgan fingerprint density at radius 2 is 2.36 bits per heavy atom. The van der Waals surface area contributed by atoms with Gasteiger partial charge in [-0.15, -0.1) is 0 Å². The summed E-state index contributed by atoms with van der Waals surface area (Å²) in [5, 5.41) is 0. The van der Waals surface area contributed by atoms with E-state index in [4.69, 9.17) is 0 Å². The molecule has 1 aliphatic heterocycles. The molecule has 0 bridgehead atoms. The third kappa shape index (κ3) is 2.08. The number of hydrogen-bond acceptors (Lipinski definition) is 2. The van der Waals surface area contributed by atoms with Crippen molar-refractivity contribution in [1.82, 2.24) is 4.98 Å². The molecule has 1 atom stereocenters. The molecule has 0 aromatic carbocycles. The normalized spacial score (nSPS) is 21.6. The van der Waals surface area contributed by atoms with Gasteiger partial charge in [0.25, 0.3) is 0 Å². The highest BCUT2D eigenvalue weighted by molar-refractivity contribution is 9.10. The minimum Gasteiger partial charge on any atom is -0.353 e. The molecule has 0 spiro atoms. The Morgan fingerprint density at radius 1 is 1.57 bits per heavy atom. The Balaban J connectivity index is 2.24. The van der Waals surface area contributed by atoms with E-state index in [0.29, 0.717) is 15.1 Å². The second-order valence-electron chi connectivity index (χ2n) is 3.29. The van der Waals surface area contributed by atoms with Crippen molar-refractivity contribution in [3.8, 4) is 0 Å². The lowest BCUT2D eigenvalue weighted by atomic mass is 10.4. The fourth-order valence-corrected chi connectivity index (χ4v) is 2.41. The van der Waals surface area contributed by atoms with Crippen LogP contribution in [-0.2, 0) is 0 Å². The average molecular weight is 324 g/mol. The molecule has 1 fully saturated rings. The summed E-state index contributed by atoms with van der Waals surface area (Å²) >= 11 is 6.70. The van der Waals surface area contributed by atoms with Crippen LogP contribution in [0.3, 0.4) is 0 Å². The van der Waals surface area contributed by atoms with E-state index < -0.39 is 0 Å².